The minimum atomic E-state index is -2.91. The van der Waals surface area contributed by atoms with Crippen LogP contribution in [0.1, 0.15) is 27.2 Å². The van der Waals surface area contributed by atoms with E-state index in [4.69, 9.17) is 0 Å². The van der Waals surface area contributed by atoms with Crippen molar-refractivity contribution in [2.45, 2.75) is 38.8 Å². The first-order valence-electron chi connectivity index (χ1n) is 6.57. The van der Waals surface area contributed by atoms with Crippen LogP contribution in [-0.4, -0.2) is 53.7 Å². The highest BCUT2D eigenvalue weighted by Crippen LogP contribution is 2.21. The molecule has 1 N–H and O–H groups in total. The predicted molar refractivity (Wildman–Crippen MR) is 78.7 cm³/mol. The first kappa shape index (κ1) is 15.0. The Bertz CT molecular complexity index is 582. The molecule has 1 aliphatic rings. The van der Waals surface area contributed by atoms with E-state index in [2.05, 4.69) is 20.5 Å². The summed E-state index contributed by atoms with van der Waals surface area (Å²) in [6.45, 7) is 6.03. The molecule has 0 spiro atoms. The van der Waals surface area contributed by atoms with Gasteiger partial charge in [0.2, 0.25) is 5.95 Å². The molecule has 1 saturated heterocycles. The van der Waals surface area contributed by atoms with Crippen molar-refractivity contribution in [3.05, 3.63) is 6.20 Å². The topological polar surface area (TPSA) is 88.1 Å². The Morgan fingerprint density at radius 3 is 2.65 bits per heavy atom. The van der Waals surface area contributed by atoms with Crippen molar-refractivity contribution in [2.24, 2.45) is 0 Å². The number of hydrogen-bond donors (Lipinski definition) is 1. The second-order valence-electron chi connectivity index (χ2n) is 6.18. The lowest BCUT2D eigenvalue weighted by molar-refractivity contribution is 0.600. The van der Waals surface area contributed by atoms with Gasteiger partial charge in [-0.2, -0.15) is 10.1 Å². The molecule has 0 saturated carbocycles. The molecule has 1 aromatic rings. The van der Waals surface area contributed by atoms with Gasteiger partial charge in [0, 0.05) is 18.6 Å². The Kier molecular flexibility index (Phi) is 3.86. The number of rotatable bonds is 3. The Labute approximate surface area is 119 Å². The standard InChI is InChI=1S/C12H21N5O2S/c1-12(2,3)15-11-14-10(7-13-16-11)17(4)9-5-6-20(18,19)8-9/h7,9H,5-6,8H2,1-4H3,(H,14,15,16). The van der Waals surface area contributed by atoms with Gasteiger partial charge in [0.1, 0.15) is 0 Å². The fraction of sp³-hybridized carbons (Fsp3) is 0.750. The van der Waals surface area contributed by atoms with E-state index in [1.807, 2.05) is 32.7 Å². The number of anilines is 2. The molecule has 7 nitrogen and oxygen atoms in total. The molecule has 1 aliphatic heterocycles. The average Bonchev–Trinajstić information content (AvgIpc) is 2.67. The van der Waals surface area contributed by atoms with Crippen LogP contribution in [0, 0.1) is 0 Å². The summed E-state index contributed by atoms with van der Waals surface area (Å²) in [5.41, 5.74) is -0.157. The summed E-state index contributed by atoms with van der Waals surface area (Å²) < 4.78 is 23.1. The zero-order valence-electron chi connectivity index (χ0n) is 12.3. The van der Waals surface area contributed by atoms with Gasteiger partial charge >= 0.3 is 0 Å². The SMILES string of the molecule is CN(c1cnnc(NC(C)(C)C)n1)C1CCS(=O)(=O)C1. The summed E-state index contributed by atoms with van der Waals surface area (Å²) in [6.07, 6.45) is 2.18. The highest BCUT2D eigenvalue weighted by Gasteiger charge is 2.31. The molecule has 0 radical (unpaired) electrons. The molecule has 1 atom stereocenters. The van der Waals surface area contributed by atoms with Crippen molar-refractivity contribution in [3.63, 3.8) is 0 Å². The van der Waals surface area contributed by atoms with Crippen LogP contribution >= 0.6 is 0 Å². The summed E-state index contributed by atoms with van der Waals surface area (Å²) in [4.78, 5) is 6.26. The summed E-state index contributed by atoms with van der Waals surface area (Å²) >= 11 is 0. The molecule has 0 amide bonds. The van der Waals surface area contributed by atoms with Crippen LogP contribution in [0.2, 0.25) is 0 Å². The van der Waals surface area contributed by atoms with Crippen molar-refractivity contribution < 1.29 is 8.42 Å². The van der Waals surface area contributed by atoms with E-state index >= 15 is 0 Å². The molecule has 0 bridgehead atoms. The minimum absolute atomic E-state index is 0.0424. The maximum Gasteiger partial charge on any atom is 0.245 e. The van der Waals surface area contributed by atoms with Crippen LogP contribution < -0.4 is 10.2 Å². The van der Waals surface area contributed by atoms with Crippen LogP contribution in [-0.2, 0) is 9.84 Å². The van der Waals surface area contributed by atoms with E-state index in [0.29, 0.717) is 18.2 Å². The molecule has 0 aliphatic carbocycles. The highest BCUT2D eigenvalue weighted by molar-refractivity contribution is 7.91. The fourth-order valence-electron chi connectivity index (χ4n) is 2.12. The van der Waals surface area contributed by atoms with Gasteiger partial charge in [-0.3, -0.25) is 0 Å². The van der Waals surface area contributed by atoms with Gasteiger partial charge in [0.05, 0.1) is 17.7 Å². The highest BCUT2D eigenvalue weighted by atomic mass is 32.2. The second-order valence-corrected chi connectivity index (χ2v) is 8.41. The molecule has 1 aromatic heterocycles. The Balaban J connectivity index is 2.15. The summed E-state index contributed by atoms with van der Waals surface area (Å²) in [6, 6.07) is -0.0424. The number of nitrogens with zero attached hydrogens (tertiary/aromatic N) is 4. The molecule has 1 fully saturated rings. The largest absolute Gasteiger partial charge is 0.354 e. The summed E-state index contributed by atoms with van der Waals surface area (Å²) in [5, 5.41) is 11.0. The predicted octanol–water partition coefficient (Wildman–Crippen LogP) is 0.705. The second kappa shape index (κ2) is 5.16. The average molecular weight is 299 g/mol. The molecular formula is C12H21N5O2S. The van der Waals surface area contributed by atoms with Crippen molar-refractivity contribution in [3.8, 4) is 0 Å². The molecule has 112 valence electrons. The Morgan fingerprint density at radius 2 is 2.10 bits per heavy atom. The monoisotopic (exact) mass is 299 g/mol. The number of nitrogens with one attached hydrogen (secondary N) is 1. The minimum Gasteiger partial charge on any atom is -0.354 e. The van der Waals surface area contributed by atoms with Crippen LogP contribution in [0.25, 0.3) is 0 Å². The van der Waals surface area contributed by atoms with Crippen LogP contribution in [0.3, 0.4) is 0 Å². The zero-order valence-corrected chi connectivity index (χ0v) is 13.1. The number of hydrogen-bond acceptors (Lipinski definition) is 7. The third kappa shape index (κ3) is 3.78. The van der Waals surface area contributed by atoms with Crippen molar-refractivity contribution >= 4 is 21.6 Å². The van der Waals surface area contributed by atoms with E-state index < -0.39 is 9.84 Å². The van der Waals surface area contributed by atoms with Gasteiger partial charge < -0.3 is 10.2 Å². The summed E-state index contributed by atoms with van der Waals surface area (Å²) in [5.74, 6) is 1.50. The molecule has 8 heteroatoms. The Morgan fingerprint density at radius 1 is 1.40 bits per heavy atom. The molecule has 20 heavy (non-hydrogen) atoms. The molecule has 2 rings (SSSR count). The van der Waals surface area contributed by atoms with Gasteiger partial charge in [0.15, 0.2) is 15.7 Å². The van der Waals surface area contributed by atoms with Crippen LogP contribution in [0.4, 0.5) is 11.8 Å². The fourth-order valence-corrected chi connectivity index (χ4v) is 3.90. The van der Waals surface area contributed by atoms with E-state index in [1.54, 1.807) is 6.20 Å². The van der Waals surface area contributed by atoms with E-state index in [-0.39, 0.29) is 23.1 Å². The van der Waals surface area contributed by atoms with Gasteiger partial charge in [-0.25, -0.2) is 8.42 Å². The maximum atomic E-state index is 11.5. The van der Waals surface area contributed by atoms with Crippen LogP contribution in [0.15, 0.2) is 6.20 Å². The van der Waals surface area contributed by atoms with E-state index in [1.165, 1.54) is 0 Å². The third-order valence-corrected chi connectivity index (χ3v) is 4.90. The van der Waals surface area contributed by atoms with Crippen molar-refractivity contribution in [1.82, 2.24) is 15.2 Å². The quantitative estimate of drug-likeness (QED) is 0.879. The molecule has 2 heterocycles. The molecule has 0 aromatic carbocycles. The first-order valence-corrected chi connectivity index (χ1v) is 8.40. The number of aromatic nitrogens is 3. The lowest BCUT2D eigenvalue weighted by Crippen LogP contribution is -2.34. The lowest BCUT2D eigenvalue weighted by Gasteiger charge is -2.25. The van der Waals surface area contributed by atoms with E-state index in [9.17, 15) is 8.42 Å². The van der Waals surface area contributed by atoms with Crippen molar-refractivity contribution in [2.75, 3.05) is 28.8 Å². The van der Waals surface area contributed by atoms with Crippen molar-refractivity contribution in [1.29, 1.82) is 0 Å². The zero-order chi connectivity index (χ0) is 15.0. The molecular weight excluding hydrogens is 278 g/mol. The normalized spacial score (nSPS) is 21.7. The van der Waals surface area contributed by atoms with Crippen LogP contribution in [0.5, 0.6) is 0 Å². The molecule has 1 unspecified atom stereocenters. The first-order chi connectivity index (χ1) is 9.16. The van der Waals surface area contributed by atoms with Gasteiger partial charge in [0.25, 0.3) is 0 Å². The van der Waals surface area contributed by atoms with Gasteiger partial charge in [-0.1, -0.05) is 0 Å². The van der Waals surface area contributed by atoms with E-state index in [0.717, 1.165) is 0 Å². The van der Waals surface area contributed by atoms with Gasteiger partial charge in [-0.05, 0) is 27.2 Å². The smallest absolute Gasteiger partial charge is 0.245 e. The number of sulfone groups is 1. The van der Waals surface area contributed by atoms with Gasteiger partial charge in [-0.15, -0.1) is 5.10 Å². The third-order valence-electron chi connectivity index (χ3n) is 3.15. The summed E-state index contributed by atoms with van der Waals surface area (Å²) in [7, 11) is -1.06. The lowest BCUT2D eigenvalue weighted by atomic mass is 10.1. The maximum absolute atomic E-state index is 11.5. The Hall–Kier alpha value is -1.44.